The molecule has 1 amide bonds. The number of ketones is 1. The van der Waals surface area contributed by atoms with Crippen LogP contribution in [0.5, 0.6) is 0 Å². The Morgan fingerprint density at radius 1 is 1.27 bits per heavy atom. The van der Waals surface area contributed by atoms with E-state index >= 15 is 0 Å². The molecule has 0 saturated carbocycles. The molecule has 0 aromatic carbocycles. The number of carbonyl (C=O) groups excluding carboxylic acids is 2. The number of alkyl halides is 1. The van der Waals surface area contributed by atoms with Crippen molar-refractivity contribution in [2.45, 2.75) is 40.5 Å². The van der Waals surface area contributed by atoms with Crippen molar-refractivity contribution in [3.63, 3.8) is 0 Å². The van der Waals surface area contributed by atoms with Gasteiger partial charge in [0.1, 0.15) is 0 Å². The van der Waals surface area contributed by atoms with Gasteiger partial charge in [-0.3, -0.25) is 9.59 Å². The van der Waals surface area contributed by atoms with E-state index in [2.05, 4.69) is 10.3 Å². The molecule has 1 aliphatic rings. The number of allylic oxidation sites excluding steroid dienone is 1. The summed E-state index contributed by atoms with van der Waals surface area (Å²) in [4.78, 5) is 27.2. The van der Waals surface area contributed by atoms with Gasteiger partial charge >= 0.3 is 0 Å². The number of aromatic amines is 1. The zero-order chi connectivity index (χ0) is 16.4. The molecule has 0 fully saturated rings. The largest absolute Gasteiger partial charge is 0.358 e. The van der Waals surface area contributed by atoms with Crippen molar-refractivity contribution in [1.82, 2.24) is 10.3 Å². The number of rotatable bonds is 5. The molecular formula is C17H21ClN2O2. The van der Waals surface area contributed by atoms with Crippen LogP contribution >= 0.6 is 11.6 Å². The molecule has 1 aliphatic heterocycles. The topological polar surface area (TPSA) is 62.0 Å². The quantitative estimate of drug-likeness (QED) is 0.642. The van der Waals surface area contributed by atoms with Crippen molar-refractivity contribution in [2.75, 3.05) is 5.88 Å². The zero-order valence-electron chi connectivity index (χ0n) is 13.4. The number of hydrogen-bond acceptors (Lipinski definition) is 2. The minimum atomic E-state index is -0.0533. The number of nitrogens with one attached hydrogen (secondary N) is 2. The van der Waals surface area contributed by atoms with Gasteiger partial charge in [-0.25, -0.2) is 0 Å². The second kappa shape index (κ2) is 6.53. The molecule has 1 aromatic heterocycles. The Kier molecular flexibility index (Phi) is 4.91. The smallest absolute Gasteiger partial charge is 0.251 e. The Labute approximate surface area is 135 Å². The summed E-state index contributed by atoms with van der Waals surface area (Å²) < 4.78 is 0. The first kappa shape index (κ1) is 16.6. The van der Waals surface area contributed by atoms with Crippen molar-refractivity contribution in [1.29, 1.82) is 0 Å². The minimum absolute atomic E-state index is 0.0452. The van der Waals surface area contributed by atoms with Gasteiger partial charge in [0.2, 0.25) is 0 Å². The predicted molar refractivity (Wildman–Crippen MR) is 89.0 cm³/mol. The van der Waals surface area contributed by atoms with Crippen LogP contribution in [-0.2, 0) is 4.79 Å². The first-order valence-electron chi connectivity index (χ1n) is 7.42. The molecule has 0 unspecified atom stereocenters. The number of Topliss-reactive ketones (excluding diaryl/α,β-unsaturated/α-hetero) is 1. The Morgan fingerprint density at radius 3 is 2.55 bits per heavy atom. The molecule has 2 N–H and O–H groups in total. The van der Waals surface area contributed by atoms with Crippen LogP contribution in [0, 0.1) is 13.8 Å². The molecule has 0 atom stereocenters. The SMILES string of the molecule is CCC1=C(C)C(=O)N/C1=C\c1[nH]c(C)c(C(=O)CCCl)c1C. The van der Waals surface area contributed by atoms with Crippen LogP contribution in [-0.4, -0.2) is 22.6 Å². The summed E-state index contributed by atoms with van der Waals surface area (Å²) in [7, 11) is 0. The normalized spacial score (nSPS) is 16.6. The fourth-order valence-corrected chi connectivity index (χ4v) is 3.07. The maximum atomic E-state index is 12.2. The zero-order valence-corrected chi connectivity index (χ0v) is 14.1. The highest BCUT2D eigenvalue weighted by Crippen LogP contribution is 2.27. The summed E-state index contributed by atoms with van der Waals surface area (Å²) in [5.41, 5.74) is 5.88. The van der Waals surface area contributed by atoms with Crippen LogP contribution in [0.1, 0.15) is 54.0 Å². The van der Waals surface area contributed by atoms with Gasteiger partial charge in [-0.2, -0.15) is 0 Å². The molecule has 0 radical (unpaired) electrons. The summed E-state index contributed by atoms with van der Waals surface area (Å²) in [6.45, 7) is 7.65. The number of H-pyrrole nitrogens is 1. The van der Waals surface area contributed by atoms with E-state index in [9.17, 15) is 9.59 Å². The number of hydrogen-bond donors (Lipinski definition) is 2. The van der Waals surface area contributed by atoms with Gasteiger partial charge in [0.15, 0.2) is 5.78 Å². The fraction of sp³-hybridized carbons (Fsp3) is 0.412. The van der Waals surface area contributed by atoms with E-state index in [1.807, 2.05) is 33.8 Å². The van der Waals surface area contributed by atoms with Gasteiger partial charge in [-0.05, 0) is 44.4 Å². The van der Waals surface area contributed by atoms with Crippen molar-refractivity contribution in [2.24, 2.45) is 0 Å². The summed E-state index contributed by atoms with van der Waals surface area (Å²) in [6, 6.07) is 0. The van der Waals surface area contributed by atoms with Crippen LogP contribution in [0.15, 0.2) is 16.8 Å². The minimum Gasteiger partial charge on any atom is -0.358 e. The van der Waals surface area contributed by atoms with Gasteiger partial charge in [-0.1, -0.05) is 6.92 Å². The van der Waals surface area contributed by atoms with Crippen molar-refractivity contribution in [3.8, 4) is 0 Å². The van der Waals surface area contributed by atoms with Crippen LogP contribution < -0.4 is 5.32 Å². The molecular weight excluding hydrogens is 300 g/mol. The highest BCUT2D eigenvalue weighted by Gasteiger charge is 2.23. The van der Waals surface area contributed by atoms with Gasteiger partial charge in [-0.15, -0.1) is 11.6 Å². The molecule has 0 spiro atoms. The molecule has 4 nitrogen and oxygen atoms in total. The van der Waals surface area contributed by atoms with Crippen LogP contribution in [0.3, 0.4) is 0 Å². The van der Waals surface area contributed by atoms with Crippen LogP contribution in [0.2, 0.25) is 0 Å². The molecule has 0 saturated heterocycles. The van der Waals surface area contributed by atoms with Crippen molar-refractivity contribution in [3.05, 3.63) is 39.4 Å². The highest BCUT2D eigenvalue weighted by atomic mass is 35.5. The van der Waals surface area contributed by atoms with E-state index in [0.29, 0.717) is 17.9 Å². The maximum absolute atomic E-state index is 12.2. The third-order valence-corrected chi connectivity index (χ3v) is 4.27. The molecule has 1 aromatic rings. The Morgan fingerprint density at radius 2 is 1.95 bits per heavy atom. The molecule has 5 heteroatoms. The van der Waals surface area contributed by atoms with Gasteiger partial charge < -0.3 is 10.3 Å². The molecule has 118 valence electrons. The Balaban J connectivity index is 2.44. The summed E-state index contributed by atoms with van der Waals surface area (Å²) >= 11 is 5.67. The molecule has 2 rings (SSSR count). The summed E-state index contributed by atoms with van der Waals surface area (Å²) in [5.74, 6) is 0.309. The third-order valence-electron chi connectivity index (χ3n) is 4.09. The Hall–Kier alpha value is -1.81. The molecule has 22 heavy (non-hydrogen) atoms. The molecule has 0 aliphatic carbocycles. The van der Waals surface area contributed by atoms with Crippen molar-refractivity contribution >= 4 is 29.4 Å². The molecule has 2 heterocycles. The average molecular weight is 321 g/mol. The standard InChI is InChI=1S/C17H21ClN2O2/c1-5-12-9(2)17(22)20-14(12)8-13-10(3)16(11(4)19-13)15(21)6-7-18/h8,19H,5-7H2,1-4H3,(H,20,22)/b14-8-. The van der Waals surface area contributed by atoms with E-state index in [0.717, 1.165) is 40.2 Å². The third kappa shape index (κ3) is 2.88. The van der Waals surface area contributed by atoms with Gasteiger partial charge in [0.05, 0.1) is 0 Å². The second-order valence-corrected chi connectivity index (χ2v) is 5.87. The lowest BCUT2D eigenvalue weighted by molar-refractivity contribution is -0.116. The fourth-order valence-electron chi connectivity index (χ4n) is 2.90. The number of amides is 1. The average Bonchev–Trinajstić information content (AvgIpc) is 2.88. The second-order valence-electron chi connectivity index (χ2n) is 5.50. The number of carbonyl (C=O) groups is 2. The van der Waals surface area contributed by atoms with E-state index in [1.165, 1.54) is 0 Å². The van der Waals surface area contributed by atoms with Crippen LogP contribution in [0.4, 0.5) is 0 Å². The summed E-state index contributed by atoms with van der Waals surface area (Å²) in [5, 5.41) is 2.89. The van der Waals surface area contributed by atoms with Crippen LogP contribution in [0.25, 0.3) is 6.08 Å². The first-order chi connectivity index (χ1) is 10.4. The first-order valence-corrected chi connectivity index (χ1v) is 7.95. The van der Waals surface area contributed by atoms with Gasteiger partial charge in [0, 0.05) is 40.5 Å². The van der Waals surface area contributed by atoms with E-state index < -0.39 is 0 Å². The lowest BCUT2D eigenvalue weighted by Gasteiger charge is -2.03. The summed E-state index contributed by atoms with van der Waals surface area (Å²) in [6.07, 6.45) is 3.02. The highest BCUT2D eigenvalue weighted by molar-refractivity contribution is 6.19. The van der Waals surface area contributed by atoms with Crippen molar-refractivity contribution < 1.29 is 9.59 Å². The monoisotopic (exact) mass is 320 g/mol. The van der Waals surface area contributed by atoms with E-state index in [-0.39, 0.29) is 11.7 Å². The Bertz CT molecular complexity index is 696. The van der Waals surface area contributed by atoms with E-state index in [1.54, 1.807) is 0 Å². The predicted octanol–water partition coefficient (Wildman–Crippen LogP) is 3.64. The lowest BCUT2D eigenvalue weighted by atomic mass is 10.0. The maximum Gasteiger partial charge on any atom is 0.251 e. The van der Waals surface area contributed by atoms with Gasteiger partial charge in [0.25, 0.3) is 5.91 Å². The molecule has 0 bridgehead atoms. The number of aromatic nitrogens is 1. The number of aryl methyl sites for hydroxylation is 1. The number of halogens is 1. The lowest BCUT2D eigenvalue weighted by Crippen LogP contribution is -2.15. The van der Waals surface area contributed by atoms with E-state index in [4.69, 9.17) is 11.6 Å².